The molecule has 86 heavy (non-hydrogen) atoms. The number of hydrogen-bond donors (Lipinski definition) is 18. The van der Waals surface area contributed by atoms with Crippen molar-refractivity contribution < 1.29 is 88.2 Å². The molecule has 0 aliphatic heterocycles. The maximum atomic E-state index is 14.7. The number of amides is 10. The van der Waals surface area contributed by atoms with E-state index in [1.807, 2.05) is 0 Å². The van der Waals surface area contributed by atoms with Crippen LogP contribution >= 0.6 is 11.8 Å². The zero-order valence-corrected chi connectivity index (χ0v) is 49.3. The molecule has 2 rings (SSSR count). The first-order valence-electron chi connectivity index (χ1n) is 27.8. The lowest BCUT2D eigenvalue weighted by atomic mass is 10.0. The van der Waals surface area contributed by atoms with Crippen LogP contribution in [0.25, 0.3) is 0 Å². The molecular weight excluding hydrogens is 1150 g/mol. The summed E-state index contributed by atoms with van der Waals surface area (Å²) >= 11 is 1.25. The van der Waals surface area contributed by atoms with Crippen molar-refractivity contribution in [3.8, 4) is 5.75 Å². The fourth-order valence-corrected chi connectivity index (χ4v) is 8.77. The van der Waals surface area contributed by atoms with Crippen LogP contribution in [0.5, 0.6) is 5.75 Å². The number of carboxylic acid groups (broad SMARTS) is 2. The smallest absolute Gasteiger partial charge is 0.326 e. The topological polar surface area (TPSA) is 513 Å². The number of thioether (sulfide) groups is 1. The minimum absolute atomic E-state index is 0.0643. The van der Waals surface area contributed by atoms with Crippen molar-refractivity contribution in [3.05, 3.63) is 65.7 Å². The van der Waals surface area contributed by atoms with Crippen LogP contribution in [0.3, 0.4) is 0 Å². The Balaban J connectivity index is 2.56. The SMILES string of the molecule is CSCC[C@H](NC(=O)[C@H](CCC(N)=O)NC(=O)[C@H](Cc1ccccc1)NC(=O)[C@H](Cc1ccc(O)cc1)NC(=O)[C@H](CCCCN)NC(=O)[C@@H](NC(=O)[C@@H](N)CO)[C@@H](C)O)C(=O)N[C@@H](CO)C(=O)N[C@@H](CC(C)C)C(=O)N[C@@H](CCC(=O)O)C(=O)O. The summed E-state index contributed by atoms with van der Waals surface area (Å²) in [5.41, 5.74) is 17.7. The van der Waals surface area contributed by atoms with Crippen molar-refractivity contribution >= 4 is 82.8 Å². The van der Waals surface area contributed by atoms with Crippen molar-refractivity contribution in [1.29, 1.82) is 0 Å². The standard InChI is InChI=1S/C55H84N12O18S/c1-29(2)24-39(50(79)62-38(55(84)85)18-20-44(73)74)63-53(82)42(28-69)66-49(78)37(21-23-86-4)60-48(77)36(17-19-43(58)72)59-51(80)40(25-31-10-6-5-7-11-31)65-52(81)41(26-32-13-15-33(71)16-14-32)64-47(76)35(12-8-9-22-56)61-54(83)45(30(3)70)67-46(75)34(57)27-68/h5-7,10-11,13-16,29-30,34-42,45,68-71H,8-9,12,17-28,56-57H2,1-4H3,(H2,58,72)(H,59,80)(H,60,77)(H,61,83)(H,62,79)(H,63,82)(H,64,76)(H,65,81)(H,66,78)(H,67,75)(H,73,74)(H,84,85)/t30-,34+,35+,36+,37+,38+,39+,40+,41+,42+,45+/m1/s1. The van der Waals surface area contributed by atoms with Crippen LogP contribution in [0.2, 0.25) is 0 Å². The molecule has 21 N–H and O–H groups in total. The summed E-state index contributed by atoms with van der Waals surface area (Å²) in [6, 6.07) is -1.91. The molecule has 0 radical (unpaired) electrons. The van der Waals surface area contributed by atoms with Gasteiger partial charge in [0.15, 0.2) is 0 Å². The van der Waals surface area contributed by atoms with Crippen LogP contribution < -0.4 is 65.1 Å². The molecule has 2 aromatic carbocycles. The van der Waals surface area contributed by atoms with E-state index in [1.165, 1.54) is 43.0 Å². The number of aliphatic carboxylic acids is 2. The van der Waals surface area contributed by atoms with Crippen LogP contribution in [0.15, 0.2) is 54.6 Å². The molecule has 0 aliphatic rings. The first-order valence-corrected chi connectivity index (χ1v) is 29.2. The number of phenolic OH excluding ortho intramolecular Hbond substituents is 1. The predicted molar refractivity (Wildman–Crippen MR) is 311 cm³/mol. The summed E-state index contributed by atoms with van der Waals surface area (Å²) in [7, 11) is 0. The van der Waals surface area contributed by atoms with Gasteiger partial charge in [-0.25, -0.2) is 4.79 Å². The van der Waals surface area contributed by atoms with Crippen LogP contribution in [-0.2, 0) is 70.4 Å². The summed E-state index contributed by atoms with van der Waals surface area (Å²) < 4.78 is 0. The number of phenols is 1. The number of rotatable bonds is 41. The number of carbonyl (C=O) groups excluding carboxylic acids is 10. The van der Waals surface area contributed by atoms with E-state index in [0.29, 0.717) is 17.5 Å². The molecule has 0 fully saturated rings. The van der Waals surface area contributed by atoms with E-state index in [9.17, 15) is 83.1 Å². The Kier molecular flexibility index (Phi) is 33.5. The number of primary amides is 1. The number of nitrogens with two attached hydrogens (primary N) is 3. The van der Waals surface area contributed by atoms with Gasteiger partial charge < -0.3 is 95.7 Å². The second kappa shape index (κ2) is 38.9. The molecule has 31 heteroatoms. The van der Waals surface area contributed by atoms with Crippen molar-refractivity contribution in [1.82, 2.24) is 47.9 Å². The molecule has 0 heterocycles. The van der Waals surface area contributed by atoms with E-state index in [4.69, 9.17) is 22.3 Å². The minimum Gasteiger partial charge on any atom is -0.508 e. The number of carbonyl (C=O) groups is 12. The van der Waals surface area contributed by atoms with E-state index in [0.717, 1.165) is 0 Å². The minimum atomic E-state index is -1.77. The largest absolute Gasteiger partial charge is 0.508 e. The molecule has 0 unspecified atom stereocenters. The van der Waals surface area contributed by atoms with Crippen molar-refractivity contribution in [2.45, 2.75) is 158 Å². The Labute approximate surface area is 501 Å². The number of aliphatic hydroxyl groups is 3. The maximum absolute atomic E-state index is 14.7. The van der Waals surface area contributed by atoms with Gasteiger partial charge in [0, 0.05) is 25.7 Å². The molecule has 0 saturated carbocycles. The number of carboxylic acids is 2. The van der Waals surface area contributed by atoms with Gasteiger partial charge in [-0.2, -0.15) is 11.8 Å². The van der Waals surface area contributed by atoms with E-state index in [-0.39, 0.29) is 62.5 Å². The lowest BCUT2D eigenvalue weighted by molar-refractivity contribution is -0.143. The Morgan fingerprint density at radius 3 is 1.43 bits per heavy atom. The maximum Gasteiger partial charge on any atom is 0.326 e. The van der Waals surface area contributed by atoms with Crippen LogP contribution in [-0.4, -0.2) is 200 Å². The van der Waals surface area contributed by atoms with E-state index in [2.05, 4.69) is 47.9 Å². The quantitative estimate of drug-likeness (QED) is 0.0279. The fraction of sp³-hybridized carbons (Fsp3) is 0.564. The summed E-state index contributed by atoms with van der Waals surface area (Å²) in [5.74, 6) is -13.1. The van der Waals surface area contributed by atoms with Crippen LogP contribution in [0.1, 0.15) is 89.7 Å². The van der Waals surface area contributed by atoms with Crippen LogP contribution in [0.4, 0.5) is 0 Å². The molecule has 30 nitrogen and oxygen atoms in total. The van der Waals surface area contributed by atoms with Gasteiger partial charge in [-0.1, -0.05) is 56.3 Å². The first kappa shape index (κ1) is 74.1. The van der Waals surface area contributed by atoms with E-state index < -0.39 is 176 Å². The zero-order chi connectivity index (χ0) is 64.6. The first-order chi connectivity index (χ1) is 40.6. The molecule has 0 aliphatic carbocycles. The fourth-order valence-electron chi connectivity index (χ4n) is 8.30. The normalized spacial score (nSPS) is 15.0. The van der Waals surface area contributed by atoms with Gasteiger partial charge in [-0.15, -0.1) is 0 Å². The number of benzene rings is 2. The third-order valence-electron chi connectivity index (χ3n) is 13.1. The molecule has 0 bridgehead atoms. The van der Waals surface area contributed by atoms with Gasteiger partial charge in [-0.05, 0) is 99.6 Å². The van der Waals surface area contributed by atoms with Crippen molar-refractivity contribution in [2.75, 3.05) is 31.8 Å². The van der Waals surface area contributed by atoms with Gasteiger partial charge in [0.1, 0.15) is 66.2 Å². The highest BCUT2D eigenvalue weighted by molar-refractivity contribution is 7.98. The molecule has 478 valence electrons. The summed E-state index contributed by atoms with van der Waals surface area (Å²) in [4.78, 5) is 160. The summed E-state index contributed by atoms with van der Waals surface area (Å²) in [6.45, 7) is 2.92. The second-order valence-corrected chi connectivity index (χ2v) is 21.7. The Morgan fingerprint density at radius 1 is 0.512 bits per heavy atom. The molecule has 0 aromatic heterocycles. The Morgan fingerprint density at radius 2 is 0.953 bits per heavy atom. The third-order valence-corrected chi connectivity index (χ3v) is 13.7. The molecule has 0 saturated heterocycles. The Hall–Kier alpha value is -7.97. The lowest BCUT2D eigenvalue weighted by Gasteiger charge is -2.28. The third kappa shape index (κ3) is 27.4. The second-order valence-electron chi connectivity index (χ2n) is 20.7. The number of nitrogens with one attached hydrogen (secondary N) is 9. The zero-order valence-electron chi connectivity index (χ0n) is 48.5. The summed E-state index contributed by atoms with van der Waals surface area (Å²) in [6.07, 6.45) is -2.02. The highest BCUT2D eigenvalue weighted by Gasteiger charge is 2.37. The van der Waals surface area contributed by atoms with Crippen LogP contribution in [0, 0.1) is 5.92 Å². The molecule has 0 spiro atoms. The summed E-state index contributed by atoms with van der Waals surface area (Å²) in [5, 5.41) is 80.8. The van der Waals surface area contributed by atoms with E-state index in [1.54, 1.807) is 50.4 Å². The van der Waals surface area contributed by atoms with Gasteiger partial charge in [0.2, 0.25) is 59.1 Å². The van der Waals surface area contributed by atoms with Crippen molar-refractivity contribution in [3.63, 3.8) is 0 Å². The van der Waals surface area contributed by atoms with Gasteiger partial charge in [0.05, 0.1) is 19.3 Å². The number of hydrogen-bond acceptors (Lipinski definition) is 19. The highest BCUT2D eigenvalue weighted by atomic mass is 32.2. The number of aliphatic hydroxyl groups excluding tert-OH is 3. The van der Waals surface area contributed by atoms with Crippen molar-refractivity contribution in [2.24, 2.45) is 23.1 Å². The molecule has 2 aromatic rings. The molecular formula is C55H84N12O18S. The monoisotopic (exact) mass is 1230 g/mol. The lowest BCUT2D eigenvalue weighted by Crippen LogP contribution is -2.62. The number of unbranched alkanes of at least 4 members (excludes halogenated alkanes) is 1. The van der Waals surface area contributed by atoms with Gasteiger partial charge >= 0.3 is 11.9 Å². The Bertz CT molecular complexity index is 2580. The van der Waals surface area contributed by atoms with Gasteiger partial charge in [0.25, 0.3) is 0 Å². The van der Waals surface area contributed by atoms with Gasteiger partial charge in [-0.3, -0.25) is 52.7 Å². The highest BCUT2D eigenvalue weighted by Crippen LogP contribution is 2.15. The average Bonchev–Trinajstić information content (AvgIpc) is 3.07. The molecule has 10 amide bonds. The number of aromatic hydroxyl groups is 1. The molecule has 11 atom stereocenters. The predicted octanol–water partition coefficient (Wildman–Crippen LogP) is -4.62. The average molecular weight is 1230 g/mol. The van der Waals surface area contributed by atoms with E-state index >= 15 is 0 Å².